The number of rotatable bonds is 3. The second-order valence-corrected chi connectivity index (χ2v) is 5.83. The highest BCUT2D eigenvalue weighted by molar-refractivity contribution is 5.31. The first kappa shape index (κ1) is 13.4. The largest absolute Gasteiger partial charge is 0.324 e. The molecule has 0 radical (unpaired) electrons. The van der Waals surface area contributed by atoms with E-state index in [1.165, 1.54) is 44.1 Å². The summed E-state index contributed by atoms with van der Waals surface area (Å²) in [6.45, 7) is 0. The number of benzene rings is 1. The number of hydrogen-bond acceptors (Lipinski definition) is 2. The van der Waals surface area contributed by atoms with Crippen molar-refractivity contribution in [1.82, 2.24) is 9.78 Å². The average molecular weight is 269 g/mol. The predicted octanol–water partition coefficient (Wildman–Crippen LogP) is 3.84. The van der Waals surface area contributed by atoms with Crippen LogP contribution < -0.4 is 5.73 Å². The van der Waals surface area contributed by atoms with E-state index < -0.39 is 0 Å². The van der Waals surface area contributed by atoms with E-state index in [0.717, 1.165) is 5.69 Å². The van der Waals surface area contributed by atoms with Gasteiger partial charge in [0.1, 0.15) is 0 Å². The maximum atomic E-state index is 6.48. The Labute approximate surface area is 120 Å². The number of nitrogens with two attached hydrogens (primary N) is 1. The summed E-state index contributed by atoms with van der Waals surface area (Å²) in [5, 5.41) is 4.46. The van der Waals surface area contributed by atoms with E-state index in [4.69, 9.17) is 5.73 Å². The van der Waals surface area contributed by atoms with Gasteiger partial charge in [-0.05, 0) is 30.9 Å². The van der Waals surface area contributed by atoms with E-state index in [2.05, 4.69) is 23.4 Å². The monoisotopic (exact) mass is 269 g/mol. The molecular weight excluding hydrogens is 246 g/mol. The van der Waals surface area contributed by atoms with E-state index >= 15 is 0 Å². The Hall–Kier alpha value is -1.61. The molecule has 106 valence electrons. The Kier molecular flexibility index (Phi) is 4.16. The molecule has 1 aromatic carbocycles. The van der Waals surface area contributed by atoms with E-state index in [-0.39, 0.29) is 6.04 Å². The van der Waals surface area contributed by atoms with E-state index in [1.807, 2.05) is 29.1 Å². The minimum atomic E-state index is 0.130. The van der Waals surface area contributed by atoms with E-state index in [0.29, 0.717) is 5.92 Å². The molecule has 2 N–H and O–H groups in total. The summed E-state index contributed by atoms with van der Waals surface area (Å²) in [5.74, 6) is 0.617. The molecule has 1 aliphatic rings. The lowest BCUT2D eigenvalue weighted by Crippen LogP contribution is -2.20. The van der Waals surface area contributed by atoms with Gasteiger partial charge in [-0.2, -0.15) is 5.10 Å². The van der Waals surface area contributed by atoms with Crippen LogP contribution in [0.1, 0.15) is 50.1 Å². The lowest BCUT2D eigenvalue weighted by Gasteiger charge is -2.21. The molecule has 0 aliphatic heterocycles. The third-order valence-electron chi connectivity index (χ3n) is 4.42. The third-order valence-corrected chi connectivity index (χ3v) is 4.42. The Morgan fingerprint density at radius 2 is 1.75 bits per heavy atom. The molecular formula is C17H23N3. The third kappa shape index (κ3) is 2.93. The minimum absolute atomic E-state index is 0.130. The van der Waals surface area contributed by atoms with Crippen molar-refractivity contribution >= 4 is 0 Å². The van der Waals surface area contributed by atoms with Gasteiger partial charge in [0.25, 0.3) is 0 Å². The van der Waals surface area contributed by atoms with Gasteiger partial charge >= 0.3 is 0 Å². The lowest BCUT2D eigenvalue weighted by atomic mass is 9.89. The smallest absolute Gasteiger partial charge is 0.0645 e. The molecule has 1 aliphatic carbocycles. The quantitative estimate of drug-likeness (QED) is 0.860. The molecule has 1 fully saturated rings. The van der Waals surface area contributed by atoms with Crippen molar-refractivity contribution < 1.29 is 0 Å². The Morgan fingerprint density at radius 1 is 1.05 bits per heavy atom. The summed E-state index contributed by atoms with van der Waals surface area (Å²) in [5.41, 5.74) is 8.73. The molecule has 1 atom stereocenters. The van der Waals surface area contributed by atoms with Gasteiger partial charge in [0.2, 0.25) is 0 Å². The summed E-state index contributed by atoms with van der Waals surface area (Å²) < 4.78 is 1.92. The minimum Gasteiger partial charge on any atom is -0.324 e. The van der Waals surface area contributed by atoms with Gasteiger partial charge in [0, 0.05) is 17.8 Å². The van der Waals surface area contributed by atoms with Crippen LogP contribution in [0.5, 0.6) is 0 Å². The zero-order valence-corrected chi connectivity index (χ0v) is 11.9. The van der Waals surface area contributed by atoms with Crippen molar-refractivity contribution in [1.29, 1.82) is 0 Å². The molecule has 3 nitrogen and oxygen atoms in total. The number of nitrogens with zero attached hydrogens (tertiary/aromatic N) is 2. The molecule has 0 spiro atoms. The standard InChI is InChI=1S/C17H23N3/c18-17(14-8-4-1-2-5-9-14)15-12-19-20(13-15)16-10-6-3-7-11-16/h3,6-7,10-14,17H,1-2,4-5,8-9,18H2. The van der Waals surface area contributed by atoms with Crippen LogP contribution >= 0.6 is 0 Å². The molecule has 3 rings (SSSR count). The molecule has 3 heteroatoms. The first-order valence-corrected chi connectivity index (χ1v) is 7.70. The maximum absolute atomic E-state index is 6.48. The van der Waals surface area contributed by atoms with Gasteiger partial charge in [-0.15, -0.1) is 0 Å². The lowest BCUT2D eigenvalue weighted by molar-refractivity contribution is 0.382. The second-order valence-electron chi connectivity index (χ2n) is 5.83. The fourth-order valence-corrected chi connectivity index (χ4v) is 3.17. The van der Waals surface area contributed by atoms with Gasteiger partial charge in [-0.1, -0.05) is 43.9 Å². The Morgan fingerprint density at radius 3 is 2.45 bits per heavy atom. The molecule has 0 amide bonds. The number of aromatic nitrogens is 2. The summed E-state index contributed by atoms with van der Waals surface area (Å²) >= 11 is 0. The molecule has 1 aromatic heterocycles. The molecule has 20 heavy (non-hydrogen) atoms. The fourth-order valence-electron chi connectivity index (χ4n) is 3.17. The zero-order valence-electron chi connectivity index (χ0n) is 11.9. The fraction of sp³-hybridized carbons (Fsp3) is 0.471. The molecule has 2 aromatic rings. The van der Waals surface area contributed by atoms with Crippen LogP contribution in [0.4, 0.5) is 0 Å². The molecule has 0 saturated heterocycles. The average Bonchev–Trinajstić information content (AvgIpc) is 2.83. The summed E-state index contributed by atoms with van der Waals surface area (Å²) in [6.07, 6.45) is 11.9. The van der Waals surface area contributed by atoms with Gasteiger partial charge in [0.15, 0.2) is 0 Å². The van der Waals surface area contributed by atoms with Crippen LogP contribution in [0.2, 0.25) is 0 Å². The molecule has 1 saturated carbocycles. The SMILES string of the molecule is NC(c1cnn(-c2ccccc2)c1)C1CCCCCC1. The Balaban J connectivity index is 1.75. The summed E-state index contributed by atoms with van der Waals surface area (Å²) in [4.78, 5) is 0. The van der Waals surface area contributed by atoms with E-state index in [9.17, 15) is 0 Å². The first-order chi connectivity index (χ1) is 9.84. The highest BCUT2D eigenvalue weighted by atomic mass is 15.3. The number of para-hydroxylation sites is 1. The van der Waals surface area contributed by atoms with Crippen LogP contribution in [0, 0.1) is 5.92 Å². The van der Waals surface area contributed by atoms with Crippen LogP contribution in [-0.2, 0) is 0 Å². The normalized spacial score (nSPS) is 18.6. The highest BCUT2D eigenvalue weighted by Crippen LogP contribution is 2.32. The van der Waals surface area contributed by atoms with Crippen molar-refractivity contribution in [3.05, 3.63) is 48.3 Å². The highest BCUT2D eigenvalue weighted by Gasteiger charge is 2.22. The van der Waals surface area contributed by atoms with Crippen molar-refractivity contribution in [2.45, 2.75) is 44.6 Å². The number of hydrogen-bond donors (Lipinski definition) is 1. The van der Waals surface area contributed by atoms with Crippen LogP contribution in [0.25, 0.3) is 5.69 Å². The maximum Gasteiger partial charge on any atom is 0.0645 e. The predicted molar refractivity (Wildman–Crippen MR) is 81.7 cm³/mol. The van der Waals surface area contributed by atoms with Crippen molar-refractivity contribution in [2.24, 2.45) is 11.7 Å². The van der Waals surface area contributed by atoms with Crippen LogP contribution in [0.15, 0.2) is 42.7 Å². The van der Waals surface area contributed by atoms with E-state index in [1.54, 1.807) is 0 Å². The van der Waals surface area contributed by atoms with Crippen molar-refractivity contribution in [3.8, 4) is 5.69 Å². The second kappa shape index (κ2) is 6.23. The van der Waals surface area contributed by atoms with Crippen molar-refractivity contribution in [3.63, 3.8) is 0 Å². The molecule has 1 heterocycles. The van der Waals surface area contributed by atoms with Gasteiger partial charge < -0.3 is 5.73 Å². The zero-order chi connectivity index (χ0) is 13.8. The molecule has 1 unspecified atom stereocenters. The van der Waals surface area contributed by atoms with Gasteiger partial charge in [0.05, 0.1) is 11.9 Å². The molecule has 0 bridgehead atoms. The van der Waals surface area contributed by atoms with Gasteiger partial charge in [-0.3, -0.25) is 0 Å². The van der Waals surface area contributed by atoms with Crippen LogP contribution in [-0.4, -0.2) is 9.78 Å². The summed E-state index contributed by atoms with van der Waals surface area (Å²) in [6, 6.07) is 10.3. The first-order valence-electron chi connectivity index (χ1n) is 7.70. The summed E-state index contributed by atoms with van der Waals surface area (Å²) in [7, 11) is 0. The topological polar surface area (TPSA) is 43.8 Å². The van der Waals surface area contributed by atoms with Gasteiger partial charge in [-0.25, -0.2) is 4.68 Å². The van der Waals surface area contributed by atoms with Crippen LogP contribution in [0.3, 0.4) is 0 Å². The Bertz CT molecular complexity index is 524. The van der Waals surface area contributed by atoms with Crippen molar-refractivity contribution in [2.75, 3.05) is 0 Å².